The molecule has 8 heteroatoms. The molecule has 0 aliphatic rings. The molecule has 102 valence electrons. The number of amides is 3. The molecule has 3 amide bonds. The van der Waals surface area contributed by atoms with Gasteiger partial charge in [-0.2, -0.15) is 0 Å². The number of carbonyl (C=O) groups is 3. The van der Waals surface area contributed by atoms with Crippen LogP contribution in [-0.4, -0.2) is 28.0 Å². The number of nitrogens with zero attached hydrogens (tertiary/aromatic N) is 1. The van der Waals surface area contributed by atoms with Gasteiger partial charge in [0.15, 0.2) is 0 Å². The molecule has 0 fully saturated rings. The lowest BCUT2D eigenvalue weighted by Crippen LogP contribution is -2.39. The van der Waals surface area contributed by atoms with E-state index >= 15 is 0 Å². The van der Waals surface area contributed by atoms with Gasteiger partial charge in [-0.3, -0.25) is 10.1 Å². The third kappa shape index (κ3) is 4.51. The number of aromatic nitrogens is 1. The molecule has 1 aromatic rings. The van der Waals surface area contributed by atoms with Gasteiger partial charge in [0.1, 0.15) is 5.01 Å². The van der Waals surface area contributed by atoms with Crippen LogP contribution in [0.2, 0.25) is 0 Å². The van der Waals surface area contributed by atoms with E-state index in [1.54, 1.807) is 11.6 Å². The second-order valence-corrected chi connectivity index (χ2v) is 4.60. The number of carboxylic acid groups (broad SMARTS) is 1. The molecular formula is C11H13N3O4S. The van der Waals surface area contributed by atoms with Crippen LogP contribution in [0.1, 0.15) is 18.9 Å². The topological polar surface area (TPSA) is 108 Å². The van der Waals surface area contributed by atoms with Crippen molar-refractivity contribution in [2.45, 2.75) is 20.4 Å². The Labute approximate surface area is 113 Å². The fourth-order valence-electron chi connectivity index (χ4n) is 1.07. The average Bonchev–Trinajstić information content (AvgIpc) is 2.87. The normalized spacial score (nSPS) is 11.5. The van der Waals surface area contributed by atoms with E-state index in [4.69, 9.17) is 5.11 Å². The molecule has 0 saturated heterocycles. The van der Waals surface area contributed by atoms with Crippen molar-refractivity contribution in [2.75, 3.05) is 0 Å². The first-order valence-electron chi connectivity index (χ1n) is 5.30. The highest BCUT2D eigenvalue weighted by molar-refractivity contribution is 7.09. The first kappa shape index (κ1) is 14.8. The summed E-state index contributed by atoms with van der Waals surface area (Å²) in [5, 5.41) is 15.7. The number of thiazole rings is 1. The SMILES string of the molecule is C/C(C(=O)O)=C(\C)C(=O)NC(=O)NCc1nccs1. The summed E-state index contributed by atoms with van der Waals surface area (Å²) in [5.41, 5.74) is -0.123. The molecule has 1 rings (SSSR count). The Bertz CT molecular complexity index is 522. The molecule has 0 aliphatic carbocycles. The highest BCUT2D eigenvalue weighted by Crippen LogP contribution is 2.04. The minimum Gasteiger partial charge on any atom is -0.478 e. The number of rotatable bonds is 4. The van der Waals surface area contributed by atoms with Crippen LogP contribution in [0.3, 0.4) is 0 Å². The zero-order valence-corrected chi connectivity index (χ0v) is 11.2. The lowest BCUT2D eigenvalue weighted by molar-refractivity contribution is -0.133. The second kappa shape index (κ2) is 6.64. The Balaban J connectivity index is 2.50. The zero-order valence-electron chi connectivity index (χ0n) is 10.4. The lowest BCUT2D eigenvalue weighted by atomic mass is 10.1. The van der Waals surface area contributed by atoms with Gasteiger partial charge in [-0.15, -0.1) is 11.3 Å². The molecule has 1 aromatic heterocycles. The number of carboxylic acids is 1. The van der Waals surface area contributed by atoms with Gasteiger partial charge in [-0.1, -0.05) is 0 Å². The van der Waals surface area contributed by atoms with Crippen LogP contribution < -0.4 is 10.6 Å². The van der Waals surface area contributed by atoms with E-state index in [0.29, 0.717) is 5.01 Å². The van der Waals surface area contributed by atoms with Crippen LogP contribution in [0.25, 0.3) is 0 Å². The summed E-state index contributed by atoms with van der Waals surface area (Å²) in [7, 11) is 0. The van der Waals surface area contributed by atoms with Gasteiger partial charge in [0.05, 0.1) is 6.54 Å². The Kier molecular flexibility index (Phi) is 5.19. The summed E-state index contributed by atoms with van der Waals surface area (Å²) >= 11 is 1.37. The number of hydrogen-bond donors (Lipinski definition) is 3. The van der Waals surface area contributed by atoms with Crippen molar-refractivity contribution in [2.24, 2.45) is 0 Å². The fourth-order valence-corrected chi connectivity index (χ4v) is 1.62. The number of nitrogens with one attached hydrogen (secondary N) is 2. The van der Waals surface area contributed by atoms with Crippen LogP contribution in [0, 0.1) is 0 Å². The minimum atomic E-state index is -1.20. The highest BCUT2D eigenvalue weighted by atomic mass is 32.1. The van der Waals surface area contributed by atoms with Gasteiger partial charge in [0.25, 0.3) is 5.91 Å². The predicted molar refractivity (Wildman–Crippen MR) is 68.5 cm³/mol. The Morgan fingerprint density at radius 1 is 1.32 bits per heavy atom. The maximum atomic E-state index is 11.6. The molecule has 0 aromatic carbocycles. The van der Waals surface area contributed by atoms with Crippen molar-refractivity contribution in [1.82, 2.24) is 15.6 Å². The van der Waals surface area contributed by atoms with E-state index in [0.717, 1.165) is 0 Å². The third-order valence-electron chi connectivity index (χ3n) is 2.33. The Hall–Kier alpha value is -2.22. The molecule has 19 heavy (non-hydrogen) atoms. The number of carbonyl (C=O) groups excluding carboxylic acids is 2. The van der Waals surface area contributed by atoms with Gasteiger partial charge >= 0.3 is 12.0 Å². The number of hydrogen-bond acceptors (Lipinski definition) is 5. The van der Waals surface area contributed by atoms with Gasteiger partial charge < -0.3 is 10.4 Å². The summed E-state index contributed by atoms with van der Waals surface area (Å²) in [4.78, 5) is 37.6. The minimum absolute atomic E-state index is 0.0168. The molecule has 0 aliphatic heterocycles. The van der Waals surface area contributed by atoms with Crippen LogP contribution in [0.4, 0.5) is 4.79 Å². The summed E-state index contributed by atoms with van der Waals surface area (Å²) < 4.78 is 0. The van der Waals surface area contributed by atoms with Crippen LogP contribution in [0.15, 0.2) is 22.7 Å². The molecule has 0 radical (unpaired) electrons. The van der Waals surface area contributed by atoms with Crippen molar-refractivity contribution in [3.05, 3.63) is 27.7 Å². The summed E-state index contributed by atoms with van der Waals surface area (Å²) in [6.45, 7) is 2.84. The molecule has 0 unspecified atom stereocenters. The van der Waals surface area contributed by atoms with E-state index in [-0.39, 0.29) is 17.7 Å². The maximum Gasteiger partial charge on any atom is 0.331 e. The van der Waals surface area contributed by atoms with Crippen molar-refractivity contribution in [1.29, 1.82) is 0 Å². The second-order valence-electron chi connectivity index (χ2n) is 3.62. The monoisotopic (exact) mass is 283 g/mol. The van der Waals surface area contributed by atoms with Gasteiger partial charge in [0, 0.05) is 22.7 Å². The number of aliphatic carboxylic acids is 1. The summed E-state index contributed by atoms with van der Waals surface area (Å²) in [6, 6.07) is -0.697. The quantitative estimate of drug-likeness (QED) is 0.711. The molecule has 0 saturated carbocycles. The van der Waals surface area contributed by atoms with Crippen LogP contribution in [-0.2, 0) is 16.1 Å². The predicted octanol–water partition coefficient (Wildman–Crippen LogP) is 0.890. The standard InChI is InChI=1S/C11H13N3O4S/c1-6(7(2)10(16)17)9(15)14-11(18)13-5-8-12-3-4-19-8/h3-4H,5H2,1-2H3,(H,16,17)(H2,13,14,15,18)/b7-6-. The van der Waals surface area contributed by atoms with Gasteiger partial charge in [0.2, 0.25) is 0 Å². The fraction of sp³-hybridized carbons (Fsp3) is 0.273. The van der Waals surface area contributed by atoms with Crippen LogP contribution in [0.5, 0.6) is 0 Å². The van der Waals surface area contributed by atoms with E-state index < -0.39 is 17.9 Å². The van der Waals surface area contributed by atoms with Gasteiger partial charge in [-0.25, -0.2) is 14.6 Å². The molecular weight excluding hydrogens is 270 g/mol. The largest absolute Gasteiger partial charge is 0.478 e. The van der Waals surface area contributed by atoms with Crippen molar-refractivity contribution >= 4 is 29.2 Å². The summed E-state index contributed by atoms with van der Waals surface area (Å²) in [6.07, 6.45) is 1.61. The lowest BCUT2D eigenvalue weighted by Gasteiger charge is -2.06. The average molecular weight is 283 g/mol. The van der Waals surface area contributed by atoms with E-state index in [1.165, 1.54) is 25.2 Å². The van der Waals surface area contributed by atoms with E-state index in [9.17, 15) is 14.4 Å². The Morgan fingerprint density at radius 3 is 2.53 bits per heavy atom. The first-order valence-corrected chi connectivity index (χ1v) is 6.18. The first-order chi connectivity index (χ1) is 8.91. The smallest absolute Gasteiger partial charge is 0.331 e. The molecule has 0 spiro atoms. The Morgan fingerprint density at radius 2 is 2.00 bits per heavy atom. The van der Waals surface area contributed by atoms with Gasteiger partial charge in [-0.05, 0) is 13.8 Å². The number of urea groups is 1. The molecule has 7 nitrogen and oxygen atoms in total. The van der Waals surface area contributed by atoms with Crippen molar-refractivity contribution in [3.63, 3.8) is 0 Å². The zero-order chi connectivity index (χ0) is 14.4. The highest BCUT2D eigenvalue weighted by Gasteiger charge is 2.15. The molecule has 0 bridgehead atoms. The molecule has 3 N–H and O–H groups in total. The van der Waals surface area contributed by atoms with Crippen LogP contribution >= 0.6 is 11.3 Å². The molecule has 0 atom stereocenters. The van der Waals surface area contributed by atoms with E-state index in [2.05, 4.69) is 10.3 Å². The third-order valence-corrected chi connectivity index (χ3v) is 3.11. The maximum absolute atomic E-state index is 11.6. The molecule has 1 heterocycles. The van der Waals surface area contributed by atoms with Crippen molar-refractivity contribution < 1.29 is 19.5 Å². The summed E-state index contributed by atoms with van der Waals surface area (Å²) in [5.74, 6) is -1.94. The van der Waals surface area contributed by atoms with Crippen molar-refractivity contribution in [3.8, 4) is 0 Å². The van der Waals surface area contributed by atoms with E-state index in [1.807, 2.05) is 5.32 Å². The number of imide groups is 1.